The summed E-state index contributed by atoms with van der Waals surface area (Å²) in [4.78, 5) is 12.1. The first-order valence-corrected chi connectivity index (χ1v) is 9.08. The maximum absolute atomic E-state index is 12.1. The molecule has 1 amide bonds. The number of rotatable bonds is 3. The summed E-state index contributed by atoms with van der Waals surface area (Å²) >= 11 is 5.37. The number of benzene rings is 2. The fourth-order valence-electron chi connectivity index (χ4n) is 1.57. The summed E-state index contributed by atoms with van der Waals surface area (Å²) in [6.45, 7) is 0. The van der Waals surface area contributed by atoms with E-state index in [-0.39, 0.29) is 10.8 Å². The first-order chi connectivity index (χ1) is 9.77. The van der Waals surface area contributed by atoms with E-state index in [0.29, 0.717) is 15.7 Å². The molecule has 3 N–H and O–H groups in total. The van der Waals surface area contributed by atoms with Crippen molar-refractivity contribution >= 4 is 60.1 Å². The fourth-order valence-corrected chi connectivity index (χ4v) is 3.10. The molecule has 0 fully saturated rings. The molecule has 0 aliphatic rings. The van der Waals surface area contributed by atoms with E-state index in [2.05, 4.69) is 43.8 Å². The number of hydrogen-bond acceptors (Lipinski definition) is 3. The number of primary sulfonamides is 1. The molecule has 0 saturated heterocycles. The van der Waals surface area contributed by atoms with Gasteiger partial charge in [0, 0.05) is 13.6 Å². The van der Waals surface area contributed by atoms with E-state index in [1.165, 1.54) is 18.2 Å². The molecular formula is C13H10BrIN2O3S. The molecule has 0 saturated carbocycles. The minimum Gasteiger partial charge on any atom is -0.321 e. The third-order valence-electron chi connectivity index (χ3n) is 2.62. The maximum atomic E-state index is 12.1. The van der Waals surface area contributed by atoms with Gasteiger partial charge >= 0.3 is 0 Å². The number of nitrogens with one attached hydrogen (secondary N) is 1. The quantitative estimate of drug-likeness (QED) is 0.662. The van der Waals surface area contributed by atoms with Crippen LogP contribution >= 0.6 is 38.5 Å². The summed E-state index contributed by atoms with van der Waals surface area (Å²) in [5.41, 5.74) is 0.976. The second kappa shape index (κ2) is 6.42. The van der Waals surface area contributed by atoms with Crippen LogP contribution in [-0.4, -0.2) is 14.3 Å². The van der Waals surface area contributed by atoms with Crippen molar-refractivity contribution in [1.82, 2.24) is 0 Å². The van der Waals surface area contributed by atoms with Gasteiger partial charge < -0.3 is 5.32 Å². The minimum atomic E-state index is -3.77. The number of halogens is 2. The zero-order valence-electron chi connectivity index (χ0n) is 10.5. The standard InChI is InChI=1S/C13H10BrIN2O3S/c14-11-7-10(21(16,19)20)5-6-12(11)17-13(18)8-1-3-9(15)4-2-8/h1-7H,(H,17,18)(H2,16,19,20). The number of hydrogen-bond donors (Lipinski definition) is 2. The lowest BCUT2D eigenvalue weighted by molar-refractivity contribution is 0.102. The number of carbonyl (C=O) groups is 1. The molecule has 0 aliphatic heterocycles. The lowest BCUT2D eigenvalue weighted by Gasteiger charge is -2.09. The third-order valence-corrected chi connectivity index (χ3v) is 4.91. The van der Waals surface area contributed by atoms with Gasteiger partial charge in [-0.3, -0.25) is 4.79 Å². The highest BCUT2D eigenvalue weighted by Crippen LogP contribution is 2.25. The number of nitrogens with two attached hydrogens (primary N) is 1. The maximum Gasteiger partial charge on any atom is 0.255 e. The Morgan fingerprint density at radius 3 is 2.29 bits per heavy atom. The van der Waals surface area contributed by atoms with Crippen molar-refractivity contribution in [3.05, 3.63) is 56.1 Å². The smallest absolute Gasteiger partial charge is 0.255 e. The van der Waals surface area contributed by atoms with E-state index in [1.54, 1.807) is 12.1 Å². The highest BCUT2D eigenvalue weighted by atomic mass is 127. The molecule has 2 rings (SSSR count). The molecular weight excluding hydrogens is 471 g/mol. The van der Waals surface area contributed by atoms with Crippen LogP contribution in [0.25, 0.3) is 0 Å². The normalized spacial score (nSPS) is 11.2. The molecule has 8 heteroatoms. The lowest BCUT2D eigenvalue weighted by atomic mass is 10.2. The Morgan fingerprint density at radius 1 is 1.14 bits per heavy atom. The van der Waals surface area contributed by atoms with Gasteiger partial charge in [-0.05, 0) is 81.0 Å². The van der Waals surface area contributed by atoms with E-state index in [1.807, 2.05) is 12.1 Å². The molecule has 0 atom stereocenters. The molecule has 21 heavy (non-hydrogen) atoms. The predicted molar refractivity (Wildman–Crippen MR) is 92.6 cm³/mol. The molecule has 0 bridgehead atoms. The molecule has 0 aromatic heterocycles. The monoisotopic (exact) mass is 480 g/mol. The Kier molecular flexibility index (Phi) is 5.02. The van der Waals surface area contributed by atoms with Crippen LogP contribution < -0.4 is 10.5 Å². The molecule has 0 radical (unpaired) electrons. The molecule has 0 spiro atoms. The topological polar surface area (TPSA) is 89.3 Å². The van der Waals surface area contributed by atoms with Gasteiger partial charge in [0.05, 0.1) is 10.6 Å². The molecule has 2 aromatic carbocycles. The van der Waals surface area contributed by atoms with E-state index in [4.69, 9.17) is 5.14 Å². The first-order valence-electron chi connectivity index (χ1n) is 5.66. The van der Waals surface area contributed by atoms with E-state index < -0.39 is 10.0 Å². The van der Waals surface area contributed by atoms with Gasteiger partial charge in [-0.25, -0.2) is 13.6 Å². The van der Waals surface area contributed by atoms with Crippen LogP contribution in [0.1, 0.15) is 10.4 Å². The molecule has 0 unspecified atom stereocenters. The predicted octanol–water partition coefficient (Wildman–Crippen LogP) is 2.95. The zero-order chi connectivity index (χ0) is 15.6. The second-order valence-corrected chi connectivity index (χ2v) is 7.81. The number of sulfonamides is 1. The van der Waals surface area contributed by atoms with Crippen LogP contribution in [0.3, 0.4) is 0 Å². The summed E-state index contributed by atoms with van der Waals surface area (Å²) in [5.74, 6) is -0.282. The van der Waals surface area contributed by atoms with E-state index in [0.717, 1.165) is 3.57 Å². The summed E-state index contributed by atoms with van der Waals surface area (Å²) in [6, 6.07) is 11.2. The van der Waals surface area contributed by atoms with Gasteiger partial charge in [0.1, 0.15) is 0 Å². The first kappa shape index (κ1) is 16.4. The average Bonchev–Trinajstić information content (AvgIpc) is 2.40. The van der Waals surface area contributed by atoms with Crippen LogP contribution in [0.15, 0.2) is 51.8 Å². The average molecular weight is 481 g/mol. The Balaban J connectivity index is 2.24. The number of carbonyl (C=O) groups excluding carboxylic acids is 1. The Bertz CT molecular complexity index is 792. The van der Waals surface area contributed by atoms with Gasteiger partial charge in [0.25, 0.3) is 5.91 Å². The summed E-state index contributed by atoms with van der Waals surface area (Å²) in [6.07, 6.45) is 0. The highest BCUT2D eigenvalue weighted by Gasteiger charge is 2.12. The number of anilines is 1. The van der Waals surface area contributed by atoms with Gasteiger partial charge in [0.2, 0.25) is 10.0 Å². The molecule has 0 aliphatic carbocycles. The lowest BCUT2D eigenvalue weighted by Crippen LogP contribution is -2.14. The Labute approximate surface area is 144 Å². The molecule has 110 valence electrons. The van der Waals surface area contributed by atoms with Gasteiger partial charge in [-0.1, -0.05) is 0 Å². The van der Waals surface area contributed by atoms with Crippen molar-refractivity contribution in [3.63, 3.8) is 0 Å². The Morgan fingerprint density at radius 2 is 1.76 bits per heavy atom. The summed E-state index contributed by atoms with van der Waals surface area (Å²) in [5, 5.41) is 7.75. The van der Waals surface area contributed by atoms with Crippen LogP contribution in [0.4, 0.5) is 5.69 Å². The zero-order valence-corrected chi connectivity index (χ0v) is 15.1. The van der Waals surface area contributed by atoms with Crippen LogP contribution in [0.5, 0.6) is 0 Å². The van der Waals surface area contributed by atoms with Crippen LogP contribution in [0, 0.1) is 3.57 Å². The molecule has 0 heterocycles. The van der Waals surface area contributed by atoms with E-state index in [9.17, 15) is 13.2 Å². The summed E-state index contributed by atoms with van der Waals surface area (Å²) in [7, 11) is -3.77. The minimum absolute atomic E-state index is 0.0263. The van der Waals surface area contributed by atoms with Crippen LogP contribution in [-0.2, 0) is 10.0 Å². The highest BCUT2D eigenvalue weighted by molar-refractivity contribution is 14.1. The molecule has 2 aromatic rings. The van der Waals surface area contributed by atoms with Gasteiger partial charge in [0.15, 0.2) is 0 Å². The number of amides is 1. The van der Waals surface area contributed by atoms with Crippen molar-refractivity contribution < 1.29 is 13.2 Å². The van der Waals surface area contributed by atoms with Crippen molar-refractivity contribution in [2.45, 2.75) is 4.90 Å². The van der Waals surface area contributed by atoms with Crippen LogP contribution in [0.2, 0.25) is 0 Å². The second-order valence-electron chi connectivity index (χ2n) is 4.15. The molecule has 5 nitrogen and oxygen atoms in total. The fraction of sp³-hybridized carbons (Fsp3) is 0. The van der Waals surface area contributed by atoms with Gasteiger partial charge in [-0.15, -0.1) is 0 Å². The van der Waals surface area contributed by atoms with Crippen molar-refractivity contribution in [3.8, 4) is 0 Å². The SMILES string of the molecule is NS(=O)(=O)c1ccc(NC(=O)c2ccc(I)cc2)c(Br)c1. The van der Waals surface area contributed by atoms with Gasteiger partial charge in [-0.2, -0.15) is 0 Å². The third kappa shape index (κ3) is 4.25. The summed E-state index contributed by atoms with van der Waals surface area (Å²) < 4.78 is 23.9. The van der Waals surface area contributed by atoms with E-state index >= 15 is 0 Å². The largest absolute Gasteiger partial charge is 0.321 e. The van der Waals surface area contributed by atoms with Crippen molar-refractivity contribution in [2.75, 3.05) is 5.32 Å². The van der Waals surface area contributed by atoms with Crippen molar-refractivity contribution in [2.24, 2.45) is 5.14 Å². The Hall–Kier alpha value is -0.970. The van der Waals surface area contributed by atoms with Crippen molar-refractivity contribution in [1.29, 1.82) is 0 Å².